The molecule has 1 aliphatic rings. The third-order valence-electron chi connectivity index (χ3n) is 6.43. The third kappa shape index (κ3) is 6.71. The second-order valence-electron chi connectivity index (χ2n) is 9.46. The molecule has 0 spiro atoms. The number of nitrogens with one attached hydrogen (secondary N) is 2. The Morgan fingerprint density at radius 2 is 1.91 bits per heavy atom. The molecule has 1 saturated heterocycles. The summed E-state index contributed by atoms with van der Waals surface area (Å²) in [6.45, 7) is 1.47. The molecular formula is C27H26F2N6O7S. The Morgan fingerprint density at radius 1 is 1.14 bits per heavy atom. The van der Waals surface area contributed by atoms with Gasteiger partial charge in [-0.15, -0.1) is 0 Å². The van der Waals surface area contributed by atoms with Crippen molar-refractivity contribution in [2.75, 3.05) is 49.3 Å². The van der Waals surface area contributed by atoms with Gasteiger partial charge in [0.25, 0.3) is 5.91 Å². The number of hydrogen-bond acceptors (Lipinski definition) is 11. The molecule has 0 unspecified atom stereocenters. The highest BCUT2D eigenvalue weighted by Gasteiger charge is 2.22. The van der Waals surface area contributed by atoms with Crippen LogP contribution in [-0.2, 0) is 21.4 Å². The van der Waals surface area contributed by atoms with E-state index < -0.39 is 27.6 Å². The average Bonchev–Trinajstić information content (AvgIpc) is 2.99. The number of fused-ring (bicyclic) bond motifs is 1. The van der Waals surface area contributed by atoms with Crippen LogP contribution in [-0.4, -0.2) is 74.2 Å². The van der Waals surface area contributed by atoms with E-state index in [0.717, 1.165) is 18.4 Å². The minimum atomic E-state index is -3.71. The number of nitrogens with zero attached hydrogens (tertiary/aromatic N) is 4. The van der Waals surface area contributed by atoms with Crippen LogP contribution >= 0.6 is 0 Å². The van der Waals surface area contributed by atoms with E-state index in [4.69, 9.17) is 24.4 Å². The summed E-state index contributed by atoms with van der Waals surface area (Å²) >= 11 is 0. The van der Waals surface area contributed by atoms with Crippen molar-refractivity contribution in [3.8, 4) is 22.9 Å². The minimum absolute atomic E-state index is 0.0132. The first-order valence-corrected chi connectivity index (χ1v) is 14.7. The van der Waals surface area contributed by atoms with Gasteiger partial charge in [-0.1, -0.05) is 6.07 Å². The zero-order valence-corrected chi connectivity index (χ0v) is 23.7. The maximum absolute atomic E-state index is 15.0. The number of methoxy groups -OCH3 is 1. The minimum Gasteiger partial charge on any atom is -0.486 e. The fraction of sp³-hybridized carbons (Fsp3) is 0.259. The number of aromatic nitrogens is 3. The monoisotopic (exact) mass is 616 g/mol. The first kappa shape index (κ1) is 29.8. The summed E-state index contributed by atoms with van der Waals surface area (Å²) in [6.07, 6.45) is 2.38. The topological polar surface area (TPSA) is 165 Å². The number of ether oxygens (including phenoxy) is 3. The third-order valence-corrected chi connectivity index (χ3v) is 7.02. The predicted molar refractivity (Wildman–Crippen MR) is 151 cm³/mol. The van der Waals surface area contributed by atoms with Crippen LogP contribution in [0.15, 0.2) is 42.6 Å². The normalized spacial score (nSPS) is 13.6. The van der Waals surface area contributed by atoms with E-state index in [-0.39, 0.29) is 57.6 Å². The van der Waals surface area contributed by atoms with Crippen molar-refractivity contribution in [2.45, 2.75) is 6.61 Å². The van der Waals surface area contributed by atoms with E-state index in [2.05, 4.69) is 14.7 Å². The second-order valence-corrected chi connectivity index (χ2v) is 11.2. The standard InChI is InChI=1S/C27H26F2N6O7S/c1-40-26-21(34-43(2,38)39)10-17(13-30-26)23-19-11-18(28)12-22(24(19)32-27(31-23)35-5-7-41-8-6-35)42-14-16-4-3-15(9-20(16)29)25(36)33-37/h3-4,9-13,34,37H,5-8,14H2,1-2H3,(H,33,36). The maximum Gasteiger partial charge on any atom is 0.274 e. The number of anilines is 2. The van der Waals surface area contributed by atoms with Gasteiger partial charge in [0.2, 0.25) is 21.9 Å². The summed E-state index contributed by atoms with van der Waals surface area (Å²) in [5.41, 5.74) is 2.20. The van der Waals surface area contributed by atoms with Crippen LogP contribution in [0.2, 0.25) is 0 Å². The summed E-state index contributed by atoms with van der Waals surface area (Å²) in [5.74, 6) is -2.08. The fourth-order valence-electron chi connectivity index (χ4n) is 4.43. The van der Waals surface area contributed by atoms with Crippen molar-refractivity contribution in [3.63, 3.8) is 0 Å². The van der Waals surface area contributed by atoms with Crippen molar-refractivity contribution in [1.82, 2.24) is 20.4 Å². The SMILES string of the molecule is COc1ncc(-c2nc(N3CCOCC3)nc3c(OCc4ccc(C(=O)NO)cc4F)cc(F)cc23)cc1NS(C)(=O)=O. The van der Waals surface area contributed by atoms with E-state index >= 15 is 4.39 Å². The Bertz CT molecular complexity index is 1800. The van der Waals surface area contributed by atoms with Crippen molar-refractivity contribution >= 4 is 38.5 Å². The quantitative estimate of drug-likeness (QED) is 0.187. The van der Waals surface area contributed by atoms with Gasteiger partial charge < -0.3 is 19.1 Å². The van der Waals surface area contributed by atoms with E-state index in [1.54, 1.807) is 0 Å². The molecule has 1 amide bonds. The molecule has 226 valence electrons. The Morgan fingerprint density at radius 3 is 2.58 bits per heavy atom. The van der Waals surface area contributed by atoms with Gasteiger partial charge in [-0.05, 0) is 24.3 Å². The maximum atomic E-state index is 15.0. The largest absolute Gasteiger partial charge is 0.486 e. The number of rotatable bonds is 9. The number of hydroxylamine groups is 1. The fourth-order valence-corrected chi connectivity index (χ4v) is 4.98. The Labute approximate surface area is 244 Å². The molecule has 0 bridgehead atoms. The molecule has 16 heteroatoms. The van der Waals surface area contributed by atoms with Crippen LogP contribution in [0.3, 0.4) is 0 Å². The molecule has 5 rings (SSSR count). The molecule has 4 aromatic rings. The summed E-state index contributed by atoms with van der Waals surface area (Å²) in [7, 11) is -2.37. The highest BCUT2D eigenvalue weighted by molar-refractivity contribution is 7.92. The van der Waals surface area contributed by atoms with Crippen molar-refractivity contribution < 1.29 is 41.4 Å². The number of amides is 1. The zero-order chi connectivity index (χ0) is 30.7. The molecule has 2 aromatic heterocycles. The first-order chi connectivity index (χ1) is 20.6. The molecule has 0 aliphatic carbocycles. The van der Waals surface area contributed by atoms with Crippen LogP contribution in [0.1, 0.15) is 15.9 Å². The summed E-state index contributed by atoms with van der Waals surface area (Å²) in [4.78, 5) is 27.0. The lowest BCUT2D eigenvalue weighted by Gasteiger charge is -2.27. The van der Waals surface area contributed by atoms with E-state index in [9.17, 15) is 17.6 Å². The molecular weight excluding hydrogens is 590 g/mol. The molecule has 0 radical (unpaired) electrons. The van der Waals surface area contributed by atoms with Gasteiger partial charge in [0.15, 0.2) is 0 Å². The molecule has 1 fully saturated rings. The number of hydrogen-bond donors (Lipinski definition) is 3. The summed E-state index contributed by atoms with van der Waals surface area (Å²) in [6, 6.07) is 7.31. The van der Waals surface area contributed by atoms with Gasteiger partial charge in [0.1, 0.15) is 35.2 Å². The summed E-state index contributed by atoms with van der Waals surface area (Å²) < 4.78 is 72.6. The number of benzene rings is 2. The molecule has 3 N–H and O–H groups in total. The second kappa shape index (κ2) is 12.3. The van der Waals surface area contributed by atoms with Gasteiger partial charge in [-0.3, -0.25) is 14.7 Å². The molecule has 1 aliphatic heterocycles. The van der Waals surface area contributed by atoms with Gasteiger partial charge in [-0.25, -0.2) is 37.6 Å². The molecule has 2 aromatic carbocycles. The van der Waals surface area contributed by atoms with E-state index in [1.807, 2.05) is 4.90 Å². The van der Waals surface area contributed by atoms with Crippen LogP contribution in [0.25, 0.3) is 22.2 Å². The van der Waals surface area contributed by atoms with Crippen LogP contribution in [0.5, 0.6) is 11.6 Å². The highest BCUT2D eigenvalue weighted by Crippen LogP contribution is 2.37. The van der Waals surface area contributed by atoms with E-state index in [1.165, 1.54) is 43.1 Å². The predicted octanol–water partition coefficient (Wildman–Crippen LogP) is 2.88. The number of pyridine rings is 1. The van der Waals surface area contributed by atoms with Gasteiger partial charge in [0.05, 0.1) is 32.3 Å². The van der Waals surface area contributed by atoms with Crippen molar-refractivity contribution in [3.05, 3.63) is 65.4 Å². The smallest absolute Gasteiger partial charge is 0.274 e. The highest BCUT2D eigenvalue weighted by atomic mass is 32.2. The average molecular weight is 617 g/mol. The first-order valence-electron chi connectivity index (χ1n) is 12.8. The molecule has 13 nitrogen and oxygen atoms in total. The number of morpholine rings is 1. The van der Waals surface area contributed by atoms with E-state index in [0.29, 0.717) is 31.9 Å². The Balaban J connectivity index is 1.62. The van der Waals surface area contributed by atoms with Crippen molar-refractivity contribution in [1.29, 1.82) is 0 Å². The lowest BCUT2D eigenvalue weighted by molar-refractivity contribution is 0.0705. The molecule has 3 heterocycles. The molecule has 0 saturated carbocycles. The molecule has 43 heavy (non-hydrogen) atoms. The van der Waals surface area contributed by atoms with Crippen LogP contribution < -0.4 is 24.6 Å². The number of carbonyl (C=O) groups excluding carboxylic acids is 1. The van der Waals surface area contributed by atoms with Crippen molar-refractivity contribution in [2.24, 2.45) is 0 Å². The van der Waals surface area contributed by atoms with Crippen LogP contribution in [0.4, 0.5) is 20.4 Å². The van der Waals surface area contributed by atoms with Crippen LogP contribution in [0, 0.1) is 11.6 Å². The number of halogens is 2. The Hall–Kier alpha value is -4.67. The molecule has 0 atom stereocenters. The number of sulfonamides is 1. The number of carbonyl (C=O) groups is 1. The summed E-state index contributed by atoms with van der Waals surface area (Å²) in [5, 5.41) is 9.02. The van der Waals surface area contributed by atoms with Gasteiger partial charge in [-0.2, -0.15) is 0 Å². The van der Waals surface area contributed by atoms with Gasteiger partial charge in [0, 0.05) is 47.4 Å². The zero-order valence-electron chi connectivity index (χ0n) is 22.9. The van der Waals surface area contributed by atoms with Gasteiger partial charge >= 0.3 is 0 Å². The lowest BCUT2D eigenvalue weighted by Crippen LogP contribution is -2.37. The lowest BCUT2D eigenvalue weighted by atomic mass is 10.1. The Kier molecular flexibility index (Phi) is 8.52.